The second-order valence-corrected chi connectivity index (χ2v) is 2.36. The number of hydrogen-bond acceptors (Lipinski definition) is 2. The molecule has 0 N–H and O–H groups in total. The van der Waals surface area contributed by atoms with Crippen LogP contribution in [0.25, 0.3) is 0 Å². The van der Waals surface area contributed by atoms with Crippen molar-refractivity contribution in [2.75, 3.05) is 0 Å². The molecule has 0 fully saturated rings. The largest absolute Gasteiger partial charge is 0.792 e. The minimum atomic E-state index is -4.38. The zero-order chi connectivity index (χ0) is 9.90. The van der Waals surface area contributed by atoms with Crippen LogP contribution in [0, 0.1) is 5.21 Å². The molecule has 0 aliphatic heterocycles. The zero-order valence-electron chi connectivity index (χ0n) is 6.38. The number of halogens is 3. The van der Waals surface area contributed by atoms with E-state index in [0.717, 1.165) is 18.3 Å². The van der Waals surface area contributed by atoms with Crippen LogP contribution in [-0.2, 0) is 6.18 Å². The monoisotopic (exact) mass is 188 g/mol. The third-order valence-electron chi connectivity index (χ3n) is 1.42. The van der Waals surface area contributed by atoms with Gasteiger partial charge in [-0.2, -0.15) is 13.2 Å². The Labute approximate surface area is 72.3 Å². The lowest BCUT2D eigenvalue weighted by molar-refractivity contribution is -0.137. The van der Waals surface area contributed by atoms with Crippen LogP contribution < -0.4 is 0 Å². The van der Waals surface area contributed by atoms with E-state index >= 15 is 0 Å². The van der Waals surface area contributed by atoms with Gasteiger partial charge in [-0.1, -0.05) is 12.1 Å². The SMILES string of the molecule is [O-]/N=C\c1cccc(C(F)(F)F)c1. The van der Waals surface area contributed by atoms with Crippen LogP contribution in [0.4, 0.5) is 13.2 Å². The molecule has 0 saturated carbocycles. The third kappa shape index (κ3) is 2.47. The van der Waals surface area contributed by atoms with E-state index in [-0.39, 0.29) is 5.56 Å². The third-order valence-corrected chi connectivity index (χ3v) is 1.42. The first-order valence-corrected chi connectivity index (χ1v) is 3.37. The van der Waals surface area contributed by atoms with Crippen molar-refractivity contribution in [1.82, 2.24) is 0 Å². The Morgan fingerprint density at radius 3 is 2.54 bits per heavy atom. The first-order valence-electron chi connectivity index (χ1n) is 3.37. The number of benzene rings is 1. The highest BCUT2D eigenvalue weighted by molar-refractivity contribution is 5.79. The predicted molar refractivity (Wildman–Crippen MR) is 42.4 cm³/mol. The quantitative estimate of drug-likeness (QED) is 0.492. The summed E-state index contributed by atoms with van der Waals surface area (Å²) in [4.78, 5) is 0. The van der Waals surface area contributed by atoms with Crippen molar-refractivity contribution in [2.24, 2.45) is 5.16 Å². The van der Waals surface area contributed by atoms with E-state index in [9.17, 15) is 18.4 Å². The first-order chi connectivity index (χ1) is 6.04. The molecule has 1 rings (SSSR count). The molecule has 0 unspecified atom stereocenters. The normalized spacial score (nSPS) is 12.2. The molecule has 0 spiro atoms. The first kappa shape index (κ1) is 9.57. The average molecular weight is 188 g/mol. The highest BCUT2D eigenvalue weighted by Gasteiger charge is 2.30. The molecule has 5 heteroatoms. The summed E-state index contributed by atoms with van der Waals surface area (Å²) in [6.07, 6.45) is -3.55. The summed E-state index contributed by atoms with van der Waals surface area (Å²) in [5.74, 6) is 0. The van der Waals surface area contributed by atoms with Gasteiger partial charge in [0.2, 0.25) is 0 Å². The smallest absolute Gasteiger partial charge is 0.416 e. The lowest BCUT2D eigenvalue weighted by Gasteiger charge is -2.06. The summed E-state index contributed by atoms with van der Waals surface area (Å²) in [6, 6.07) is 4.39. The maximum absolute atomic E-state index is 12.1. The molecule has 1 aromatic rings. The van der Waals surface area contributed by atoms with Crippen molar-refractivity contribution >= 4 is 6.21 Å². The zero-order valence-corrected chi connectivity index (χ0v) is 6.38. The van der Waals surface area contributed by atoms with Gasteiger partial charge in [0.15, 0.2) is 0 Å². The Hall–Kier alpha value is -1.52. The maximum atomic E-state index is 12.1. The van der Waals surface area contributed by atoms with Crippen molar-refractivity contribution in [3.8, 4) is 0 Å². The number of hydrogen-bond donors (Lipinski definition) is 0. The molecule has 2 nitrogen and oxygen atoms in total. The van der Waals surface area contributed by atoms with Gasteiger partial charge in [-0.05, 0) is 17.7 Å². The van der Waals surface area contributed by atoms with Gasteiger partial charge < -0.3 is 10.4 Å². The number of alkyl halides is 3. The summed E-state index contributed by atoms with van der Waals surface area (Å²) in [5, 5.41) is 12.1. The minimum absolute atomic E-state index is 0.143. The fraction of sp³-hybridized carbons (Fsp3) is 0.125. The van der Waals surface area contributed by atoms with Gasteiger partial charge in [0.1, 0.15) is 0 Å². The topological polar surface area (TPSA) is 35.4 Å². The lowest BCUT2D eigenvalue weighted by atomic mass is 10.1. The Morgan fingerprint density at radius 1 is 1.31 bits per heavy atom. The second kappa shape index (κ2) is 3.47. The van der Waals surface area contributed by atoms with Crippen molar-refractivity contribution in [1.29, 1.82) is 0 Å². The van der Waals surface area contributed by atoms with Crippen LogP contribution in [-0.4, -0.2) is 6.21 Å². The maximum Gasteiger partial charge on any atom is 0.416 e. The van der Waals surface area contributed by atoms with E-state index in [1.165, 1.54) is 12.1 Å². The van der Waals surface area contributed by atoms with Crippen molar-refractivity contribution in [2.45, 2.75) is 6.18 Å². The average Bonchev–Trinajstić information content (AvgIpc) is 2.04. The Bertz CT molecular complexity index is 319. The molecule has 0 saturated heterocycles. The molecule has 0 aliphatic rings. The molecule has 70 valence electrons. The van der Waals surface area contributed by atoms with Crippen LogP contribution in [0.3, 0.4) is 0 Å². The fourth-order valence-corrected chi connectivity index (χ4v) is 0.856. The highest BCUT2D eigenvalue weighted by atomic mass is 19.4. The summed E-state index contributed by atoms with van der Waals surface area (Å²) in [7, 11) is 0. The molecule has 0 heterocycles. The van der Waals surface area contributed by atoms with Crippen LogP contribution in [0.5, 0.6) is 0 Å². The van der Waals surface area contributed by atoms with Crippen molar-refractivity contribution < 1.29 is 13.2 Å². The number of nitrogens with zero attached hydrogens (tertiary/aromatic N) is 1. The molecule has 0 bridgehead atoms. The Morgan fingerprint density at radius 2 is 2.00 bits per heavy atom. The standard InChI is InChI=1S/C8H6F3NO/c9-8(10,11)7-3-1-2-6(4-7)5-12-13/h1-5,13H/p-1/b12-5-. The van der Waals surface area contributed by atoms with E-state index in [1.807, 2.05) is 0 Å². The number of rotatable bonds is 1. The van der Waals surface area contributed by atoms with Gasteiger partial charge in [-0.25, -0.2) is 0 Å². The van der Waals surface area contributed by atoms with E-state index < -0.39 is 11.7 Å². The van der Waals surface area contributed by atoms with E-state index in [1.54, 1.807) is 0 Å². The van der Waals surface area contributed by atoms with Gasteiger partial charge in [0.05, 0.1) is 5.56 Å². The van der Waals surface area contributed by atoms with Gasteiger partial charge in [0, 0.05) is 6.21 Å². The predicted octanol–water partition coefficient (Wildman–Crippen LogP) is 2.62. The molecular formula is C8H5F3NO-. The summed E-state index contributed by atoms with van der Waals surface area (Å²) in [5.41, 5.74) is -0.644. The summed E-state index contributed by atoms with van der Waals surface area (Å²) < 4.78 is 36.3. The van der Waals surface area contributed by atoms with Crippen LogP contribution >= 0.6 is 0 Å². The lowest BCUT2D eigenvalue weighted by Crippen LogP contribution is -2.04. The molecular weight excluding hydrogens is 183 g/mol. The Kier molecular flexibility index (Phi) is 2.55. The van der Waals surface area contributed by atoms with Crippen LogP contribution in [0.1, 0.15) is 11.1 Å². The van der Waals surface area contributed by atoms with Crippen LogP contribution in [0.15, 0.2) is 29.4 Å². The van der Waals surface area contributed by atoms with Crippen molar-refractivity contribution in [3.63, 3.8) is 0 Å². The Balaban J connectivity index is 3.05. The van der Waals surface area contributed by atoms with E-state index in [2.05, 4.69) is 5.16 Å². The van der Waals surface area contributed by atoms with Gasteiger partial charge in [0.25, 0.3) is 0 Å². The minimum Gasteiger partial charge on any atom is -0.792 e. The summed E-state index contributed by atoms with van der Waals surface area (Å²) >= 11 is 0. The second-order valence-electron chi connectivity index (χ2n) is 2.36. The van der Waals surface area contributed by atoms with Gasteiger partial charge in [-0.15, -0.1) is 0 Å². The molecule has 13 heavy (non-hydrogen) atoms. The van der Waals surface area contributed by atoms with Crippen LogP contribution in [0.2, 0.25) is 0 Å². The highest BCUT2D eigenvalue weighted by Crippen LogP contribution is 2.29. The molecule has 0 aromatic heterocycles. The van der Waals surface area contributed by atoms with E-state index in [4.69, 9.17) is 0 Å². The van der Waals surface area contributed by atoms with E-state index in [0.29, 0.717) is 0 Å². The molecule has 0 aliphatic carbocycles. The molecule has 0 amide bonds. The van der Waals surface area contributed by atoms with Gasteiger partial charge >= 0.3 is 6.18 Å². The molecule has 0 radical (unpaired) electrons. The molecule has 1 aromatic carbocycles. The summed E-state index contributed by atoms with van der Waals surface area (Å²) in [6.45, 7) is 0. The molecule has 0 atom stereocenters. The van der Waals surface area contributed by atoms with Gasteiger partial charge in [-0.3, -0.25) is 0 Å². The van der Waals surface area contributed by atoms with Crippen molar-refractivity contribution in [3.05, 3.63) is 40.6 Å². The fourth-order valence-electron chi connectivity index (χ4n) is 0.856.